The molecule has 1 saturated heterocycles. The molecule has 13 heteroatoms. The summed E-state index contributed by atoms with van der Waals surface area (Å²) >= 11 is 0. The molecule has 2 atom stereocenters. The van der Waals surface area contributed by atoms with E-state index in [0.29, 0.717) is 35.5 Å². The van der Waals surface area contributed by atoms with Crippen LogP contribution in [0.3, 0.4) is 0 Å². The number of hydrogen-bond donors (Lipinski definition) is 2. The Morgan fingerprint density at radius 3 is 2.43 bits per heavy atom. The summed E-state index contributed by atoms with van der Waals surface area (Å²) in [6, 6.07) is 16.7. The third-order valence-corrected chi connectivity index (χ3v) is 9.20. The second kappa shape index (κ2) is 12.7. The molecular formula is C31H29F4N5O3S. The van der Waals surface area contributed by atoms with Gasteiger partial charge in [0.15, 0.2) is 0 Å². The first-order chi connectivity index (χ1) is 20.9. The Hall–Kier alpha value is -4.36. The number of carbonyl (C=O) groups excluding carboxylic acids is 1. The summed E-state index contributed by atoms with van der Waals surface area (Å²) in [5.41, 5.74) is 1.36. The lowest BCUT2D eigenvalue weighted by atomic mass is 10.1. The van der Waals surface area contributed by atoms with Gasteiger partial charge >= 0.3 is 6.18 Å². The van der Waals surface area contributed by atoms with E-state index in [9.17, 15) is 30.8 Å². The summed E-state index contributed by atoms with van der Waals surface area (Å²) < 4.78 is 80.4. The van der Waals surface area contributed by atoms with Crippen molar-refractivity contribution >= 4 is 21.7 Å². The van der Waals surface area contributed by atoms with Crippen molar-refractivity contribution in [2.24, 2.45) is 0 Å². The molecule has 0 radical (unpaired) electrons. The number of nitrogens with one attached hydrogen (secondary N) is 2. The largest absolute Gasteiger partial charge is 0.416 e. The highest BCUT2D eigenvalue weighted by molar-refractivity contribution is 7.89. The van der Waals surface area contributed by atoms with E-state index in [0.717, 1.165) is 46.4 Å². The fourth-order valence-electron chi connectivity index (χ4n) is 5.01. The zero-order valence-corrected chi connectivity index (χ0v) is 24.4. The number of carbonyl (C=O) groups is 1. The van der Waals surface area contributed by atoms with E-state index >= 15 is 0 Å². The van der Waals surface area contributed by atoms with Crippen molar-refractivity contribution in [3.63, 3.8) is 0 Å². The van der Waals surface area contributed by atoms with Gasteiger partial charge in [0.25, 0.3) is 0 Å². The van der Waals surface area contributed by atoms with Gasteiger partial charge in [0.2, 0.25) is 15.9 Å². The van der Waals surface area contributed by atoms with E-state index in [1.807, 2.05) is 19.1 Å². The van der Waals surface area contributed by atoms with Gasteiger partial charge in [0.1, 0.15) is 17.7 Å². The monoisotopic (exact) mass is 627 g/mol. The first kappa shape index (κ1) is 31.1. The van der Waals surface area contributed by atoms with Crippen LogP contribution in [0.5, 0.6) is 0 Å². The molecule has 2 aromatic heterocycles. The molecule has 1 aliphatic heterocycles. The van der Waals surface area contributed by atoms with E-state index in [1.54, 1.807) is 24.4 Å². The van der Waals surface area contributed by atoms with E-state index in [-0.39, 0.29) is 24.0 Å². The molecule has 0 bridgehead atoms. The van der Waals surface area contributed by atoms with Gasteiger partial charge in [-0.15, -0.1) is 0 Å². The van der Waals surface area contributed by atoms with Gasteiger partial charge in [-0.3, -0.25) is 9.78 Å². The summed E-state index contributed by atoms with van der Waals surface area (Å²) in [7, 11) is -4.04. The van der Waals surface area contributed by atoms with Crippen LogP contribution in [0.2, 0.25) is 0 Å². The van der Waals surface area contributed by atoms with Crippen LogP contribution in [0.1, 0.15) is 42.6 Å². The molecule has 230 valence electrons. The summed E-state index contributed by atoms with van der Waals surface area (Å²) in [4.78, 5) is 22.1. The number of aromatic nitrogens is 2. The lowest BCUT2D eigenvalue weighted by molar-refractivity contribution is -0.137. The number of amides is 1. The van der Waals surface area contributed by atoms with Crippen LogP contribution in [0, 0.1) is 5.82 Å². The predicted molar refractivity (Wildman–Crippen MR) is 156 cm³/mol. The second-order valence-electron chi connectivity index (χ2n) is 10.4. The van der Waals surface area contributed by atoms with Crippen LogP contribution in [0.25, 0.3) is 11.3 Å². The third kappa shape index (κ3) is 7.05. The van der Waals surface area contributed by atoms with Crippen molar-refractivity contribution in [2.45, 2.75) is 49.5 Å². The molecule has 1 aliphatic rings. The molecule has 5 rings (SSSR count). The lowest BCUT2D eigenvalue weighted by Crippen LogP contribution is -2.45. The van der Waals surface area contributed by atoms with Crippen LogP contribution in [0.4, 0.5) is 23.4 Å². The number of alkyl halides is 3. The topological polar surface area (TPSA) is 104 Å². The smallest absolute Gasteiger partial charge is 0.362 e. The molecule has 2 aromatic carbocycles. The molecule has 0 spiro atoms. The summed E-state index contributed by atoms with van der Waals surface area (Å²) in [6.45, 7) is 2.03. The standard InChI is InChI=1S/C31H29F4N5O3S/c1-20(26-5-2-3-15-36-26)38-29-18-21(17-27(39-29)22-7-9-23(10-8-22)31(33,34)35)19-37-30(41)28-6-4-16-40(28)44(42,43)25-13-11-24(32)12-14-25/h2-3,5,7-15,17-18,20,28H,4,6,16,19H2,1H3,(H,37,41)(H,38,39)/t20?,28-/m0/s1. The highest BCUT2D eigenvalue weighted by Gasteiger charge is 2.39. The Balaban J connectivity index is 1.38. The number of nitrogens with zero attached hydrogens (tertiary/aromatic N) is 3. The molecular weight excluding hydrogens is 598 g/mol. The Kier molecular flexibility index (Phi) is 8.97. The van der Waals surface area contributed by atoms with Crippen LogP contribution in [0.15, 0.2) is 90.0 Å². The Bertz CT molecular complexity index is 1720. The molecule has 3 heterocycles. The van der Waals surface area contributed by atoms with Gasteiger partial charge in [-0.05, 0) is 86.0 Å². The van der Waals surface area contributed by atoms with Crippen LogP contribution in [-0.4, -0.2) is 41.2 Å². The summed E-state index contributed by atoms with van der Waals surface area (Å²) in [6.07, 6.45) is -2.04. The predicted octanol–water partition coefficient (Wildman–Crippen LogP) is 5.94. The van der Waals surface area contributed by atoms with E-state index < -0.39 is 39.5 Å². The Morgan fingerprint density at radius 1 is 1.05 bits per heavy atom. The minimum atomic E-state index is -4.48. The fraction of sp³-hybridized carbons (Fsp3) is 0.258. The number of anilines is 1. The lowest BCUT2D eigenvalue weighted by Gasteiger charge is -2.23. The molecule has 1 amide bonds. The molecule has 8 nitrogen and oxygen atoms in total. The van der Waals surface area contributed by atoms with Gasteiger partial charge in [-0.2, -0.15) is 17.5 Å². The fourth-order valence-corrected chi connectivity index (χ4v) is 6.66. The minimum absolute atomic E-state index is 0.00255. The molecule has 1 unspecified atom stereocenters. The first-order valence-corrected chi connectivity index (χ1v) is 15.3. The van der Waals surface area contributed by atoms with E-state index in [2.05, 4.69) is 20.6 Å². The number of benzene rings is 2. The quantitative estimate of drug-likeness (QED) is 0.223. The van der Waals surface area contributed by atoms with Gasteiger partial charge in [0, 0.05) is 24.8 Å². The van der Waals surface area contributed by atoms with Gasteiger partial charge < -0.3 is 10.6 Å². The number of pyridine rings is 2. The average molecular weight is 628 g/mol. The summed E-state index contributed by atoms with van der Waals surface area (Å²) in [5, 5.41) is 6.06. The molecule has 44 heavy (non-hydrogen) atoms. The average Bonchev–Trinajstić information content (AvgIpc) is 3.52. The van der Waals surface area contributed by atoms with Crippen molar-refractivity contribution in [3.05, 3.63) is 108 Å². The zero-order valence-electron chi connectivity index (χ0n) is 23.6. The van der Waals surface area contributed by atoms with Gasteiger partial charge in [-0.1, -0.05) is 18.2 Å². The normalized spacial score (nSPS) is 16.4. The van der Waals surface area contributed by atoms with Crippen molar-refractivity contribution in [3.8, 4) is 11.3 Å². The SMILES string of the molecule is CC(Nc1cc(CNC(=O)[C@@H]2CCCN2S(=O)(=O)c2ccc(F)cc2)cc(-c2ccc(C(F)(F)F)cc2)n1)c1ccccn1. The molecule has 2 N–H and O–H groups in total. The van der Waals surface area contributed by atoms with Crippen LogP contribution >= 0.6 is 0 Å². The van der Waals surface area contributed by atoms with E-state index in [1.165, 1.54) is 12.1 Å². The van der Waals surface area contributed by atoms with Crippen molar-refractivity contribution in [2.75, 3.05) is 11.9 Å². The minimum Gasteiger partial charge on any atom is -0.362 e. The highest BCUT2D eigenvalue weighted by atomic mass is 32.2. The molecule has 1 fully saturated rings. The molecule has 4 aromatic rings. The first-order valence-electron chi connectivity index (χ1n) is 13.8. The Morgan fingerprint density at radius 2 is 1.77 bits per heavy atom. The third-order valence-electron chi connectivity index (χ3n) is 7.28. The number of hydrogen-bond acceptors (Lipinski definition) is 6. The van der Waals surface area contributed by atoms with Crippen molar-refractivity contribution in [1.29, 1.82) is 0 Å². The number of sulfonamides is 1. The molecule has 0 saturated carbocycles. The second-order valence-corrected chi connectivity index (χ2v) is 12.3. The summed E-state index contributed by atoms with van der Waals surface area (Å²) in [5.74, 6) is -0.667. The van der Waals surface area contributed by atoms with Crippen molar-refractivity contribution < 1.29 is 30.8 Å². The van der Waals surface area contributed by atoms with E-state index in [4.69, 9.17) is 0 Å². The van der Waals surface area contributed by atoms with Gasteiger partial charge in [0.05, 0.1) is 27.9 Å². The van der Waals surface area contributed by atoms with Crippen molar-refractivity contribution in [1.82, 2.24) is 19.6 Å². The van der Waals surface area contributed by atoms with Crippen LogP contribution < -0.4 is 10.6 Å². The zero-order chi connectivity index (χ0) is 31.5. The highest BCUT2D eigenvalue weighted by Crippen LogP contribution is 2.32. The van der Waals surface area contributed by atoms with Gasteiger partial charge in [-0.25, -0.2) is 17.8 Å². The van der Waals surface area contributed by atoms with Crippen LogP contribution in [-0.2, 0) is 27.5 Å². The molecule has 0 aliphatic carbocycles. The number of halogens is 4. The maximum absolute atomic E-state index is 13.4. The maximum Gasteiger partial charge on any atom is 0.416 e. The Labute approximate surface area is 252 Å². The maximum atomic E-state index is 13.4. The number of rotatable bonds is 9.